The molecule has 164 valence electrons. The zero-order valence-electron chi connectivity index (χ0n) is 17.8. The molecular formula is C22H24N2O5S2. The van der Waals surface area contributed by atoms with Crippen molar-refractivity contribution in [3.8, 4) is 11.5 Å². The normalized spacial score (nSPS) is 16.9. The molecule has 1 heterocycles. The Kier molecular flexibility index (Phi) is 7.07. The van der Waals surface area contributed by atoms with Crippen molar-refractivity contribution < 1.29 is 22.7 Å². The lowest BCUT2D eigenvalue weighted by Crippen LogP contribution is -2.29. The van der Waals surface area contributed by atoms with Crippen molar-refractivity contribution in [2.45, 2.75) is 25.2 Å². The number of nitrogens with zero attached hydrogens (tertiary/aromatic N) is 2. The van der Waals surface area contributed by atoms with Crippen molar-refractivity contribution >= 4 is 38.9 Å². The topological polar surface area (TPSA) is 85.3 Å². The number of ether oxygens (including phenoxy) is 2. The van der Waals surface area contributed by atoms with Crippen molar-refractivity contribution in [1.29, 1.82) is 0 Å². The maximum atomic E-state index is 12.9. The maximum absolute atomic E-state index is 12.9. The highest BCUT2D eigenvalue weighted by Gasteiger charge is 2.34. The molecule has 1 aliphatic rings. The van der Waals surface area contributed by atoms with Crippen LogP contribution in [0, 0.1) is 0 Å². The molecule has 0 aromatic heterocycles. The quantitative estimate of drug-likeness (QED) is 0.582. The predicted octanol–water partition coefficient (Wildman–Crippen LogP) is 3.95. The van der Waals surface area contributed by atoms with Crippen LogP contribution in [0.25, 0.3) is 6.08 Å². The van der Waals surface area contributed by atoms with Gasteiger partial charge in [0.2, 0.25) is 0 Å². The van der Waals surface area contributed by atoms with E-state index in [2.05, 4.69) is 4.40 Å². The number of hydrogen-bond acceptors (Lipinski definition) is 6. The van der Waals surface area contributed by atoms with Gasteiger partial charge in [-0.15, -0.1) is 4.40 Å². The molecule has 3 rings (SSSR count). The van der Waals surface area contributed by atoms with Gasteiger partial charge in [0.1, 0.15) is 11.5 Å². The minimum absolute atomic E-state index is 0.0931. The number of benzene rings is 2. The van der Waals surface area contributed by atoms with Crippen LogP contribution in [-0.2, 0) is 21.2 Å². The molecule has 0 saturated carbocycles. The molecule has 2 aromatic carbocycles. The number of likely N-dealkylation sites (N-methyl/N-ethyl adjacent to an activating group) is 1. The average molecular weight is 461 g/mol. The van der Waals surface area contributed by atoms with Gasteiger partial charge in [-0.2, -0.15) is 8.42 Å². The maximum Gasteiger partial charge on any atom is 0.284 e. The third kappa shape index (κ3) is 4.94. The molecule has 0 aliphatic carbocycles. The Labute approximate surface area is 186 Å². The lowest BCUT2D eigenvalue weighted by atomic mass is 10.1. The first-order valence-electron chi connectivity index (χ1n) is 9.70. The molecule has 1 saturated heterocycles. The van der Waals surface area contributed by atoms with Crippen molar-refractivity contribution in [2.24, 2.45) is 4.40 Å². The summed E-state index contributed by atoms with van der Waals surface area (Å²) >= 11 is 1.03. The van der Waals surface area contributed by atoms with E-state index in [1.807, 2.05) is 6.92 Å². The van der Waals surface area contributed by atoms with Gasteiger partial charge in [-0.1, -0.05) is 19.1 Å². The first-order chi connectivity index (χ1) is 14.8. The minimum atomic E-state index is -3.95. The summed E-state index contributed by atoms with van der Waals surface area (Å²) in [6.07, 6.45) is 2.48. The molecule has 1 fully saturated rings. The number of amidine groups is 1. The largest absolute Gasteiger partial charge is 0.497 e. The van der Waals surface area contributed by atoms with Crippen LogP contribution in [0.15, 0.2) is 56.7 Å². The van der Waals surface area contributed by atoms with Gasteiger partial charge in [0.15, 0.2) is 5.17 Å². The van der Waals surface area contributed by atoms with Crippen LogP contribution in [0.2, 0.25) is 0 Å². The Morgan fingerprint density at radius 2 is 1.77 bits per heavy atom. The van der Waals surface area contributed by atoms with Crippen LogP contribution in [0.5, 0.6) is 11.5 Å². The fourth-order valence-electron chi connectivity index (χ4n) is 2.99. The smallest absolute Gasteiger partial charge is 0.284 e. The van der Waals surface area contributed by atoms with Crippen LogP contribution in [0.4, 0.5) is 0 Å². The number of thioether (sulfide) groups is 1. The van der Waals surface area contributed by atoms with Crippen LogP contribution >= 0.6 is 11.8 Å². The van der Waals surface area contributed by atoms with E-state index in [0.717, 1.165) is 23.7 Å². The molecule has 9 heteroatoms. The van der Waals surface area contributed by atoms with Crippen molar-refractivity contribution in [3.05, 3.63) is 58.5 Å². The van der Waals surface area contributed by atoms with E-state index in [9.17, 15) is 13.2 Å². The van der Waals surface area contributed by atoms with Gasteiger partial charge >= 0.3 is 0 Å². The Morgan fingerprint density at radius 3 is 2.35 bits per heavy atom. The molecule has 7 nitrogen and oxygen atoms in total. The molecule has 0 N–H and O–H groups in total. The number of sulfonamides is 1. The number of carbonyl (C=O) groups excluding carboxylic acids is 1. The van der Waals surface area contributed by atoms with E-state index < -0.39 is 10.0 Å². The first kappa shape index (κ1) is 22.9. The highest BCUT2D eigenvalue weighted by Crippen LogP contribution is 2.36. The number of aryl methyl sites for hydroxylation is 1. The van der Waals surface area contributed by atoms with Gasteiger partial charge < -0.3 is 9.47 Å². The van der Waals surface area contributed by atoms with E-state index in [0.29, 0.717) is 28.5 Å². The molecule has 0 spiro atoms. The summed E-state index contributed by atoms with van der Waals surface area (Å²) in [6, 6.07) is 11.8. The summed E-state index contributed by atoms with van der Waals surface area (Å²) in [4.78, 5) is 14.7. The molecule has 31 heavy (non-hydrogen) atoms. The van der Waals surface area contributed by atoms with Gasteiger partial charge in [-0.3, -0.25) is 9.69 Å². The molecule has 1 aliphatic heterocycles. The zero-order valence-corrected chi connectivity index (χ0v) is 19.4. The van der Waals surface area contributed by atoms with Gasteiger partial charge in [0, 0.05) is 18.2 Å². The number of hydrogen-bond donors (Lipinski definition) is 0. The summed E-state index contributed by atoms with van der Waals surface area (Å²) < 4.78 is 40.1. The summed E-state index contributed by atoms with van der Waals surface area (Å²) in [5.41, 5.74) is 1.71. The standard InChI is InChI=1S/C22H24N2O5S2/c1-5-15-7-11-18(12-8-15)31(26,27)23-22-24(6-2)21(25)20(30-22)13-16-9-10-17(28-3)14-19(16)29-4/h7-14H,5-6H2,1-4H3. The van der Waals surface area contributed by atoms with E-state index in [4.69, 9.17) is 9.47 Å². The van der Waals surface area contributed by atoms with Crippen molar-refractivity contribution in [1.82, 2.24) is 4.90 Å². The second kappa shape index (κ2) is 9.57. The van der Waals surface area contributed by atoms with Crippen LogP contribution in [-0.4, -0.2) is 45.2 Å². The SMILES string of the molecule is CCc1ccc(S(=O)(=O)N=C2SC(=Cc3ccc(OC)cc3OC)C(=O)N2CC)cc1. The Morgan fingerprint density at radius 1 is 1.06 bits per heavy atom. The fourth-order valence-corrected chi connectivity index (χ4v) is 5.22. The molecule has 0 unspecified atom stereocenters. The zero-order chi connectivity index (χ0) is 22.6. The van der Waals surface area contributed by atoms with Gasteiger partial charge in [0.25, 0.3) is 15.9 Å². The number of rotatable bonds is 7. The number of methoxy groups -OCH3 is 2. The molecule has 1 amide bonds. The van der Waals surface area contributed by atoms with Gasteiger partial charge in [0.05, 0.1) is 24.0 Å². The van der Waals surface area contributed by atoms with E-state index in [1.54, 1.807) is 50.4 Å². The summed E-state index contributed by atoms with van der Waals surface area (Å²) in [6.45, 7) is 4.06. The van der Waals surface area contributed by atoms with Gasteiger partial charge in [-0.25, -0.2) is 0 Å². The predicted molar refractivity (Wildman–Crippen MR) is 123 cm³/mol. The van der Waals surface area contributed by atoms with Crippen molar-refractivity contribution in [3.63, 3.8) is 0 Å². The van der Waals surface area contributed by atoms with E-state index in [1.165, 1.54) is 24.1 Å². The minimum Gasteiger partial charge on any atom is -0.497 e. The molecule has 0 bridgehead atoms. The summed E-state index contributed by atoms with van der Waals surface area (Å²) in [7, 11) is -0.862. The lowest BCUT2D eigenvalue weighted by molar-refractivity contribution is -0.122. The fraction of sp³-hybridized carbons (Fsp3) is 0.273. The van der Waals surface area contributed by atoms with Crippen LogP contribution in [0.3, 0.4) is 0 Å². The van der Waals surface area contributed by atoms with E-state index in [-0.39, 0.29) is 16.0 Å². The Bertz CT molecular complexity index is 1140. The average Bonchev–Trinajstić information content (AvgIpc) is 3.07. The second-order valence-corrected chi connectivity index (χ2v) is 9.23. The lowest BCUT2D eigenvalue weighted by Gasteiger charge is -2.12. The molecule has 2 aromatic rings. The van der Waals surface area contributed by atoms with E-state index >= 15 is 0 Å². The first-order valence-corrected chi connectivity index (χ1v) is 12.0. The molecule has 0 radical (unpaired) electrons. The van der Waals surface area contributed by atoms with Crippen LogP contribution in [0.1, 0.15) is 25.0 Å². The molecule has 0 atom stereocenters. The van der Waals surface area contributed by atoms with Crippen LogP contribution < -0.4 is 9.47 Å². The third-order valence-corrected chi connectivity index (χ3v) is 7.16. The Hall–Kier alpha value is -2.78. The van der Waals surface area contributed by atoms with Crippen molar-refractivity contribution in [2.75, 3.05) is 20.8 Å². The van der Waals surface area contributed by atoms with Gasteiger partial charge in [-0.05, 0) is 61.0 Å². The highest BCUT2D eigenvalue weighted by atomic mass is 32.2. The number of carbonyl (C=O) groups is 1. The second-order valence-electron chi connectivity index (χ2n) is 6.61. The molecular weight excluding hydrogens is 436 g/mol. The third-order valence-electron chi connectivity index (χ3n) is 4.76. The monoisotopic (exact) mass is 460 g/mol. The Balaban J connectivity index is 1.96. The summed E-state index contributed by atoms with van der Waals surface area (Å²) in [5, 5.41) is 0.130. The number of amides is 1. The summed E-state index contributed by atoms with van der Waals surface area (Å²) in [5.74, 6) is 0.861. The highest BCUT2D eigenvalue weighted by molar-refractivity contribution is 8.19.